The van der Waals surface area contributed by atoms with Gasteiger partial charge in [-0.15, -0.1) is 0 Å². The Bertz CT molecular complexity index is 478. The first-order valence-corrected chi connectivity index (χ1v) is 7.33. The number of benzene rings is 1. The van der Waals surface area contributed by atoms with Crippen LogP contribution in [0.1, 0.15) is 52.7 Å². The van der Waals surface area contributed by atoms with Crippen molar-refractivity contribution in [3.05, 3.63) is 29.3 Å². The standard InChI is InChI=1S/C17H27N3/c1-7-20(13(2)3)16-9-8-14(10-15(16)11-18)12-19-17(4,5)6/h8-10,13,19H,7,12H2,1-6H3. The minimum absolute atomic E-state index is 0.0822. The van der Waals surface area contributed by atoms with Crippen LogP contribution < -0.4 is 10.2 Å². The van der Waals surface area contributed by atoms with Gasteiger partial charge in [-0.2, -0.15) is 5.26 Å². The molecule has 0 aliphatic carbocycles. The molecule has 20 heavy (non-hydrogen) atoms. The molecule has 1 N–H and O–H groups in total. The zero-order valence-corrected chi connectivity index (χ0v) is 13.6. The van der Waals surface area contributed by atoms with Gasteiger partial charge < -0.3 is 10.2 Å². The van der Waals surface area contributed by atoms with E-state index >= 15 is 0 Å². The highest BCUT2D eigenvalue weighted by atomic mass is 15.1. The lowest BCUT2D eigenvalue weighted by Gasteiger charge is -2.28. The number of nitriles is 1. The predicted molar refractivity (Wildman–Crippen MR) is 85.9 cm³/mol. The fraction of sp³-hybridized carbons (Fsp3) is 0.588. The average molecular weight is 273 g/mol. The minimum Gasteiger partial charge on any atom is -0.368 e. The largest absolute Gasteiger partial charge is 0.368 e. The molecule has 0 saturated heterocycles. The second-order valence-corrected chi connectivity index (χ2v) is 6.45. The molecule has 0 saturated carbocycles. The van der Waals surface area contributed by atoms with Crippen LogP contribution >= 0.6 is 0 Å². The van der Waals surface area contributed by atoms with Gasteiger partial charge in [0.15, 0.2) is 0 Å². The molecule has 0 spiro atoms. The summed E-state index contributed by atoms with van der Waals surface area (Å²) >= 11 is 0. The third-order valence-electron chi connectivity index (χ3n) is 3.28. The van der Waals surface area contributed by atoms with Crippen molar-refractivity contribution >= 4 is 5.69 Å². The number of hydrogen-bond donors (Lipinski definition) is 1. The van der Waals surface area contributed by atoms with Gasteiger partial charge in [0, 0.05) is 24.7 Å². The van der Waals surface area contributed by atoms with Crippen molar-refractivity contribution in [2.24, 2.45) is 0 Å². The summed E-state index contributed by atoms with van der Waals surface area (Å²) in [7, 11) is 0. The van der Waals surface area contributed by atoms with E-state index in [0.717, 1.165) is 29.9 Å². The zero-order chi connectivity index (χ0) is 15.3. The molecule has 0 radical (unpaired) electrons. The molecule has 0 heterocycles. The van der Waals surface area contributed by atoms with Crippen molar-refractivity contribution < 1.29 is 0 Å². The molecule has 0 fully saturated rings. The van der Waals surface area contributed by atoms with E-state index in [1.165, 1.54) is 0 Å². The molecular weight excluding hydrogens is 246 g/mol. The van der Waals surface area contributed by atoms with Crippen LogP contribution in [0.3, 0.4) is 0 Å². The van der Waals surface area contributed by atoms with Crippen molar-refractivity contribution in [3.8, 4) is 6.07 Å². The number of rotatable bonds is 5. The molecule has 0 aliphatic heterocycles. The smallest absolute Gasteiger partial charge is 0.101 e. The van der Waals surface area contributed by atoms with E-state index in [4.69, 9.17) is 0 Å². The van der Waals surface area contributed by atoms with Gasteiger partial charge in [-0.1, -0.05) is 6.07 Å². The third kappa shape index (κ3) is 4.54. The average Bonchev–Trinajstić information content (AvgIpc) is 2.36. The highest BCUT2D eigenvalue weighted by molar-refractivity contribution is 5.61. The molecule has 0 aliphatic rings. The highest BCUT2D eigenvalue weighted by Crippen LogP contribution is 2.23. The maximum Gasteiger partial charge on any atom is 0.101 e. The maximum atomic E-state index is 9.40. The van der Waals surface area contributed by atoms with E-state index in [1.807, 2.05) is 6.07 Å². The SMILES string of the molecule is CCN(c1ccc(CNC(C)(C)C)cc1C#N)C(C)C. The first kappa shape index (κ1) is 16.5. The normalized spacial score (nSPS) is 11.5. The van der Waals surface area contributed by atoms with Gasteiger partial charge >= 0.3 is 0 Å². The van der Waals surface area contributed by atoms with Crippen LogP contribution in [0.2, 0.25) is 0 Å². The van der Waals surface area contributed by atoms with Crippen molar-refractivity contribution in [1.82, 2.24) is 5.32 Å². The van der Waals surface area contributed by atoms with Gasteiger partial charge in [0.05, 0.1) is 11.3 Å². The summed E-state index contributed by atoms with van der Waals surface area (Å²) in [5.41, 5.74) is 3.03. The molecule has 0 amide bonds. The topological polar surface area (TPSA) is 39.1 Å². The quantitative estimate of drug-likeness (QED) is 0.889. The summed E-state index contributed by atoms with van der Waals surface area (Å²) in [6.45, 7) is 14.5. The number of nitrogens with zero attached hydrogens (tertiary/aromatic N) is 2. The molecule has 3 heteroatoms. The molecule has 1 rings (SSSR count). The molecule has 3 nitrogen and oxygen atoms in total. The van der Waals surface area contributed by atoms with E-state index in [9.17, 15) is 5.26 Å². The molecule has 0 bridgehead atoms. The Hall–Kier alpha value is -1.53. The first-order chi connectivity index (χ1) is 9.28. The number of nitrogens with one attached hydrogen (secondary N) is 1. The summed E-state index contributed by atoms with van der Waals surface area (Å²) in [6.07, 6.45) is 0. The van der Waals surface area contributed by atoms with Crippen LogP contribution in [-0.2, 0) is 6.54 Å². The Kier molecular flexibility index (Phi) is 5.59. The molecule has 1 aromatic carbocycles. The second kappa shape index (κ2) is 6.76. The molecular formula is C17H27N3. The minimum atomic E-state index is 0.0822. The van der Waals surface area contributed by atoms with Gasteiger partial charge in [0.2, 0.25) is 0 Å². The fourth-order valence-electron chi connectivity index (χ4n) is 2.21. The summed E-state index contributed by atoms with van der Waals surface area (Å²) in [4.78, 5) is 2.25. The van der Waals surface area contributed by atoms with E-state index in [0.29, 0.717) is 6.04 Å². The molecule has 0 atom stereocenters. The Morgan fingerprint density at radius 3 is 2.40 bits per heavy atom. The van der Waals surface area contributed by atoms with E-state index in [1.54, 1.807) is 0 Å². The van der Waals surface area contributed by atoms with E-state index < -0.39 is 0 Å². The van der Waals surface area contributed by atoms with Crippen LogP contribution in [0.25, 0.3) is 0 Å². The van der Waals surface area contributed by atoms with Crippen molar-refractivity contribution in [2.45, 2.75) is 59.7 Å². The van der Waals surface area contributed by atoms with E-state index in [-0.39, 0.29) is 5.54 Å². The van der Waals surface area contributed by atoms with Gasteiger partial charge in [-0.25, -0.2) is 0 Å². The van der Waals surface area contributed by atoms with Crippen LogP contribution in [0, 0.1) is 11.3 Å². The lowest BCUT2D eigenvalue weighted by atomic mass is 10.0. The second-order valence-electron chi connectivity index (χ2n) is 6.45. The lowest BCUT2D eigenvalue weighted by molar-refractivity contribution is 0.424. The fourth-order valence-corrected chi connectivity index (χ4v) is 2.21. The van der Waals surface area contributed by atoms with Gasteiger partial charge in [-0.05, 0) is 59.2 Å². The maximum absolute atomic E-state index is 9.40. The van der Waals surface area contributed by atoms with Gasteiger partial charge in [0.1, 0.15) is 6.07 Å². The van der Waals surface area contributed by atoms with Crippen LogP contribution in [-0.4, -0.2) is 18.1 Å². The van der Waals surface area contributed by atoms with Gasteiger partial charge in [-0.3, -0.25) is 0 Å². The van der Waals surface area contributed by atoms with Crippen LogP contribution in [0.15, 0.2) is 18.2 Å². The Balaban J connectivity index is 3.00. The van der Waals surface area contributed by atoms with Crippen molar-refractivity contribution in [2.75, 3.05) is 11.4 Å². The number of hydrogen-bond acceptors (Lipinski definition) is 3. The Labute approximate surface area is 123 Å². The Morgan fingerprint density at radius 2 is 1.95 bits per heavy atom. The first-order valence-electron chi connectivity index (χ1n) is 7.33. The summed E-state index contributed by atoms with van der Waals surface area (Å²) in [5.74, 6) is 0. The van der Waals surface area contributed by atoms with Crippen molar-refractivity contribution in [3.63, 3.8) is 0 Å². The number of anilines is 1. The van der Waals surface area contributed by atoms with Gasteiger partial charge in [0.25, 0.3) is 0 Å². The van der Waals surface area contributed by atoms with E-state index in [2.05, 4.69) is 70.0 Å². The summed E-state index contributed by atoms with van der Waals surface area (Å²) in [6, 6.07) is 8.91. The third-order valence-corrected chi connectivity index (χ3v) is 3.28. The highest BCUT2D eigenvalue weighted by Gasteiger charge is 2.14. The van der Waals surface area contributed by atoms with Crippen LogP contribution in [0.4, 0.5) is 5.69 Å². The van der Waals surface area contributed by atoms with Crippen molar-refractivity contribution in [1.29, 1.82) is 5.26 Å². The lowest BCUT2D eigenvalue weighted by Crippen LogP contribution is -2.35. The Morgan fingerprint density at radius 1 is 1.30 bits per heavy atom. The monoisotopic (exact) mass is 273 g/mol. The molecule has 0 unspecified atom stereocenters. The molecule has 110 valence electrons. The van der Waals surface area contributed by atoms with Crippen LogP contribution in [0.5, 0.6) is 0 Å². The predicted octanol–water partition coefficient (Wildman–Crippen LogP) is 3.68. The summed E-state index contributed by atoms with van der Waals surface area (Å²) < 4.78 is 0. The molecule has 0 aromatic heterocycles. The molecule has 1 aromatic rings. The zero-order valence-electron chi connectivity index (χ0n) is 13.6. The summed E-state index contributed by atoms with van der Waals surface area (Å²) in [5, 5.41) is 12.9.